The molecule has 0 aliphatic heterocycles. The Morgan fingerprint density at radius 2 is 0.494 bits per heavy atom. The van der Waals surface area contributed by atoms with E-state index < -0.39 is 6.10 Å². The zero-order valence-corrected chi connectivity index (χ0v) is 52.4. The number of rotatable bonds is 62. The van der Waals surface area contributed by atoms with Crippen LogP contribution >= 0.6 is 0 Å². The Morgan fingerprint density at radius 1 is 0.266 bits per heavy atom. The van der Waals surface area contributed by atoms with E-state index in [1.165, 1.54) is 180 Å². The van der Waals surface area contributed by atoms with E-state index in [9.17, 15) is 14.4 Å². The number of esters is 3. The lowest BCUT2D eigenvalue weighted by atomic mass is 10.0. The number of carbonyl (C=O) groups is 3. The molecule has 0 bridgehead atoms. The van der Waals surface area contributed by atoms with Gasteiger partial charge < -0.3 is 14.2 Å². The smallest absolute Gasteiger partial charge is 0.306 e. The summed E-state index contributed by atoms with van der Waals surface area (Å²) in [7, 11) is 0. The largest absolute Gasteiger partial charge is 0.462 e. The number of allylic oxidation sites excluding steroid dienone is 14. The van der Waals surface area contributed by atoms with Crippen LogP contribution in [-0.2, 0) is 28.6 Å². The maximum Gasteiger partial charge on any atom is 0.306 e. The van der Waals surface area contributed by atoms with Crippen LogP contribution < -0.4 is 0 Å². The van der Waals surface area contributed by atoms with Crippen molar-refractivity contribution in [1.29, 1.82) is 0 Å². The molecular weight excluding hydrogens is 973 g/mol. The van der Waals surface area contributed by atoms with Gasteiger partial charge in [-0.15, -0.1) is 0 Å². The third kappa shape index (κ3) is 65.3. The van der Waals surface area contributed by atoms with Crippen molar-refractivity contribution in [2.75, 3.05) is 13.2 Å². The minimum atomic E-state index is -0.796. The monoisotopic (exact) mass is 1100 g/mol. The predicted octanol–water partition coefficient (Wildman–Crippen LogP) is 23.4. The van der Waals surface area contributed by atoms with E-state index in [1.54, 1.807) is 0 Å². The Hall–Kier alpha value is -3.41. The molecule has 0 aliphatic carbocycles. The lowest BCUT2D eigenvalue weighted by Gasteiger charge is -2.18. The van der Waals surface area contributed by atoms with Crippen LogP contribution in [0.4, 0.5) is 0 Å². The highest BCUT2D eigenvalue weighted by Crippen LogP contribution is 2.17. The molecule has 0 spiro atoms. The summed E-state index contributed by atoms with van der Waals surface area (Å²) >= 11 is 0. The van der Waals surface area contributed by atoms with Crippen LogP contribution in [0.5, 0.6) is 0 Å². The minimum Gasteiger partial charge on any atom is -0.462 e. The van der Waals surface area contributed by atoms with E-state index in [2.05, 4.69) is 106 Å². The summed E-state index contributed by atoms with van der Waals surface area (Å²) in [5.41, 5.74) is 0. The van der Waals surface area contributed by atoms with Gasteiger partial charge in [0.1, 0.15) is 13.2 Å². The van der Waals surface area contributed by atoms with Crippen LogP contribution in [0, 0.1) is 0 Å². The van der Waals surface area contributed by atoms with Crippen LogP contribution in [0.1, 0.15) is 342 Å². The van der Waals surface area contributed by atoms with Gasteiger partial charge in [0.05, 0.1) is 0 Å². The lowest BCUT2D eigenvalue weighted by Crippen LogP contribution is -2.30. The van der Waals surface area contributed by atoms with Crippen molar-refractivity contribution in [3.8, 4) is 0 Å². The normalized spacial score (nSPS) is 12.6. The van der Waals surface area contributed by atoms with Gasteiger partial charge in [-0.05, 0) is 116 Å². The van der Waals surface area contributed by atoms with Crippen molar-refractivity contribution in [3.63, 3.8) is 0 Å². The molecule has 0 radical (unpaired) electrons. The molecule has 79 heavy (non-hydrogen) atoms. The number of hydrogen-bond donors (Lipinski definition) is 0. The molecule has 6 nitrogen and oxygen atoms in total. The van der Waals surface area contributed by atoms with Crippen LogP contribution in [0.25, 0.3) is 0 Å². The summed E-state index contributed by atoms with van der Waals surface area (Å²) in [6.07, 6.45) is 89.0. The van der Waals surface area contributed by atoms with Crippen molar-refractivity contribution in [2.24, 2.45) is 0 Å². The zero-order valence-electron chi connectivity index (χ0n) is 52.4. The average molecular weight is 1100 g/mol. The molecule has 1 unspecified atom stereocenters. The number of unbranched alkanes of at least 4 members (excludes halogenated alkanes) is 37. The highest BCUT2D eigenvalue weighted by Gasteiger charge is 2.19. The summed E-state index contributed by atoms with van der Waals surface area (Å²) in [4.78, 5) is 38.4. The Labute approximate surface area is 490 Å². The van der Waals surface area contributed by atoms with E-state index in [1.807, 2.05) is 0 Å². The minimum absolute atomic E-state index is 0.0891. The molecule has 0 aromatic carbocycles. The standard InChI is InChI=1S/C73H128O6/c1-4-7-10-13-16-19-22-25-28-30-31-32-33-34-35-36-37-38-39-40-41-43-45-48-51-54-57-60-63-66-72(75)78-69-70(68-77-71(74)65-62-59-56-53-50-47-44-27-24-21-18-15-12-9-6-3)79-73(76)67-64-61-58-55-52-49-46-42-29-26-23-20-17-14-11-8-5-2/h8,11,17-18,20-21,26-27,29-31,44,46,49,70H,4-7,9-10,12-16,19,22-25,28,32-43,45,47-48,50-69H2,1-3H3/b11-8-,20-17-,21-18-,29-26-,31-30-,44-27-,49-46-. The third-order valence-electron chi connectivity index (χ3n) is 14.9. The molecule has 0 saturated carbocycles. The van der Waals surface area contributed by atoms with E-state index in [0.717, 1.165) is 122 Å². The summed E-state index contributed by atoms with van der Waals surface area (Å²) in [5, 5.41) is 0. The van der Waals surface area contributed by atoms with E-state index in [0.29, 0.717) is 19.3 Å². The van der Waals surface area contributed by atoms with Crippen molar-refractivity contribution in [1.82, 2.24) is 0 Å². The maximum absolute atomic E-state index is 12.9. The molecule has 456 valence electrons. The van der Waals surface area contributed by atoms with Crippen molar-refractivity contribution in [2.45, 2.75) is 348 Å². The molecule has 0 amide bonds. The van der Waals surface area contributed by atoms with E-state index in [4.69, 9.17) is 14.2 Å². The molecule has 0 rings (SSSR count). The highest BCUT2D eigenvalue weighted by molar-refractivity contribution is 5.71. The molecule has 0 saturated heterocycles. The Bertz CT molecular complexity index is 1500. The highest BCUT2D eigenvalue weighted by atomic mass is 16.6. The fourth-order valence-electron chi connectivity index (χ4n) is 9.76. The van der Waals surface area contributed by atoms with Crippen LogP contribution in [0.2, 0.25) is 0 Å². The molecule has 0 aliphatic rings. The first-order chi connectivity index (χ1) is 39.0. The first-order valence-corrected chi connectivity index (χ1v) is 34.1. The summed E-state index contributed by atoms with van der Waals surface area (Å²) in [6.45, 7) is 6.51. The molecule has 0 aromatic rings. The van der Waals surface area contributed by atoms with Gasteiger partial charge in [-0.2, -0.15) is 0 Å². The third-order valence-corrected chi connectivity index (χ3v) is 14.9. The quantitative estimate of drug-likeness (QED) is 0.0261. The Balaban J connectivity index is 4.26. The molecule has 0 N–H and O–H groups in total. The van der Waals surface area contributed by atoms with Crippen LogP contribution in [0.3, 0.4) is 0 Å². The molecule has 0 heterocycles. The fraction of sp³-hybridized carbons (Fsp3) is 0.767. The molecule has 0 aromatic heterocycles. The topological polar surface area (TPSA) is 78.9 Å². The lowest BCUT2D eigenvalue weighted by molar-refractivity contribution is -0.167. The second kappa shape index (κ2) is 67.1. The van der Waals surface area contributed by atoms with Gasteiger partial charge in [0, 0.05) is 19.3 Å². The van der Waals surface area contributed by atoms with Gasteiger partial charge in [-0.1, -0.05) is 292 Å². The first-order valence-electron chi connectivity index (χ1n) is 34.1. The molecular formula is C73H128O6. The van der Waals surface area contributed by atoms with Gasteiger partial charge in [0.2, 0.25) is 0 Å². The van der Waals surface area contributed by atoms with Gasteiger partial charge in [-0.3, -0.25) is 14.4 Å². The summed E-state index contributed by atoms with van der Waals surface area (Å²) in [6, 6.07) is 0. The number of ether oxygens (including phenoxy) is 3. The van der Waals surface area contributed by atoms with Crippen LogP contribution in [-0.4, -0.2) is 37.2 Å². The average Bonchev–Trinajstić information content (AvgIpc) is 3.45. The van der Waals surface area contributed by atoms with Crippen molar-refractivity contribution in [3.05, 3.63) is 85.1 Å². The maximum atomic E-state index is 12.9. The van der Waals surface area contributed by atoms with Gasteiger partial charge in [0.15, 0.2) is 6.10 Å². The van der Waals surface area contributed by atoms with E-state index >= 15 is 0 Å². The SMILES string of the molecule is CC/C=C\C/C=C\C/C=C\C/C=C\CCCCCCC(=O)OC(COC(=O)CCCCCCC/C=C\C/C=C\CCCCC)COC(=O)CCCCCCCCCCCCCCCCCCC/C=C\CCCCCCCCCC. The number of carbonyl (C=O) groups excluding carboxylic acids is 3. The second-order valence-electron chi connectivity index (χ2n) is 22.7. The van der Waals surface area contributed by atoms with Gasteiger partial charge >= 0.3 is 17.9 Å². The molecule has 1 atom stereocenters. The predicted molar refractivity (Wildman–Crippen MR) is 344 cm³/mol. The Kier molecular flexibility index (Phi) is 64.2. The fourth-order valence-corrected chi connectivity index (χ4v) is 9.76. The second-order valence-corrected chi connectivity index (χ2v) is 22.7. The van der Waals surface area contributed by atoms with Gasteiger partial charge in [-0.25, -0.2) is 0 Å². The van der Waals surface area contributed by atoms with Crippen molar-refractivity contribution >= 4 is 17.9 Å². The zero-order chi connectivity index (χ0) is 57.1. The van der Waals surface area contributed by atoms with Crippen LogP contribution in [0.15, 0.2) is 85.1 Å². The summed E-state index contributed by atoms with van der Waals surface area (Å²) < 4.78 is 16.9. The molecule has 6 heteroatoms. The summed E-state index contributed by atoms with van der Waals surface area (Å²) in [5.74, 6) is -0.913. The first kappa shape index (κ1) is 75.6. The molecule has 0 fully saturated rings. The van der Waals surface area contributed by atoms with E-state index in [-0.39, 0.29) is 31.1 Å². The van der Waals surface area contributed by atoms with Gasteiger partial charge in [0.25, 0.3) is 0 Å². The Morgan fingerprint density at radius 3 is 0.810 bits per heavy atom. The van der Waals surface area contributed by atoms with Crippen molar-refractivity contribution < 1.29 is 28.6 Å². The number of hydrogen-bond acceptors (Lipinski definition) is 6.